The molecule has 0 radical (unpaired) electrons. The van der Waals surface area contributed by atoms with Gasteiger partial charge in [0.1, 0.15) is 17.0 Å². The first-order valence-corrected chi connectivity index (χ1v) is 14.1. The molecule has 2 aromatic rings. The van der Waals surface area contributed by atoms with Crippen LogP contribution in [0.3, 0.4) is 0 Å². The fourth-order valence-electron chi connectivity index (χ4n) is 6.45. The molecule has 0 bridgehead atoms. The van der Waals surface area contributed by atoms with Gasteiger partial charge in [-0.1, -0.05) is 32.1 Å². The molecule has 1 N–H and O–H groups in total. The second kappa shape index (κ2) is 10.8. The predicted octanol–water partition coefficient (Wildman–Crippen LogP) is 5.07. The van der Waals surface area contributed by atoms with Crippen LogP contribution in [-0.2, 0) is 11.3 Å². The molecule has 0 unspecified atom stereocenters. The highest BCUT2D eigenvalue weighted by molar-refractivity contribution is 6.00. The van der Waals surface area contributed by atoms with E-state index in [1.165, 1.54) is 32.1 Å². The molecule has 1 aliphatic carbocycles. The van der Waals surface area contributed by atoms with Gasteiger partial charge in [0, 0.05) is 25.2 Å². The molecule has 7 heteroatoms. The summed E-state index contributed by atoms with van der Waals surface area (Å²) >= 11 is 0. The number of likely N-dealkylation sites (tertiary alicyclic amines) is 1. The smallest absolute Gasteiger partial charge is 0.271 e. The van der Waals surface area contributed by atoms with Crippen molar-refractivity contribution in [2.24, 2.45) is 0 Å². The minimum atomic E-state index is -0.954. The summed E-state index contributed by atoms with van der Waals surface area (Å²) < 4.78 is 7.64. The molecule has 1 saturated heterocycles. The summed E-state index contributed by atoms with van der Waals surface area (Å²) in [5.74, 6) is 0.621. The second-order valence-electron chi connectivity index (χ2n) is 11.3. The lowest BCUT2D eigenvalue weighted by atomic mass is 9.93. The minimum absolute atomic E-state index is 0.0289. The molecular weight excluding hydrogens is 452 g/mol. The van der Waals surface area contributed by atoms with Crippen LogP contribution in [0, 0.1) is 0 Å². The minimum Gasteiger partial charge on any atom is -0.463 e. The number of hydrogen-bond donors (Lipinski definition) is 1. The molecule has 0 spiro atoms. The van der Waals surface area contributed by atoms with Gasteiger partial charge in [0.15, 0.2) is 0 Å². The van der Waals surface area contributed by atoms with Gasteiger partial charge in [-0.3, -0.25) is 9.59 Å². The summed E-state index contributed by atoms with van der Waals surface area (Å²) in [5.41, 5.74) is 0.524. The Hall–Kier alpha value is -2.54. The van der Waals surface area contributed by atoms with Gasteiger partial charge in [-0.15, -0.1) is 0 Å². The number of rotatable bonds is 7. The molecule has 1 saturated carbocycles. The Balaban J connectivity index is 1.39. The number of nitrogens with zero attached hydrogens (tertiary/aromatic N) is 3. The van der Waals surface area contributed by atoms with Crippen molar-refractivity contribution >= 4 is 11.8 Å². The van der Waals surface area contributed by atoms with Gasteiger partial charge in [0.2, 0.25) is 5.91 Å². The summed E-state index contributed by atoms with van der Waals surface area (Å²) in [4.78, 5) is 32.2. The average Bonchev–Trinajstić information content (AvgIpc) is 3.47. The SMILES string of the molecule is C[C@@H]1CCCCN1CCCN1C(=O)c2ccc(-c3ccco3)n2C[C@@]1(C)C(=O)NC1CCCCCC1. The number of furan rings is 1. The van der Waals surface area contributed by atoms with Gasteiger partial charge >= 0.3 is 0 Å². The predicted molar refractivity (Wildman–Crippen MR) is 141 cm³/mol. The Morgan fingerprint density at radius 1 is 1.03 bits per heavy atom. The monoisotopic (exact) mass is 494 g/mol. The summed E-state index contributed by atoms with van der Waals surface area (Å²) in [5, 5.41) is 3.36. The zero-order valence-electron chi connectivity index (χ0n) is 22.0. The van der Waals surface area contributed by atoms with Crippen molar-refractivity contribution < 1.29 is 14.0 Å². The third kappa shape index (κ3) is 4.99. The third-order valence-corrected chi connectivity index (χ3v) is 8.73. The Kier molecular flexibility index (Phi) is 7.56. The summed E-state index contributed by atoms with van der Waals surface area (Å²) in [6.07, 6.45) is 13.1. The van der Waals surface area contributed by atoms with E-state index in [1.54, 1.807) is 6.26 Å². The van der Waals surface area contributed by atoms with E-state index in [1.807, 2.05) is 40.7 Å². The highest BCUT2D eigenvalue weighted by Gasteiger charge is 2.48. The lowest BCUT2D eigenvalue weighted by molar-refractivity contribution is -0.133. The number of carbonyl (C=O) groups is 2. The van der Waals surface area contributed by atoms with E-state index in [-0.39, 0.29) is 17.9 Å². The van der Waals surface area contributed by atoms with Crippen LogP contribution in [-0.4, -0.2) is 63.4 Å². The number of fused-ring (bicyclic) bond motifs is 1. The van der Waals surface area contributed by atoms with Crippen LogP contribution >= 0.6 is 0 Å². The van der Waals surface area contributed by atoms with Crippen LogP contribution in [0.2, 0.25) is 0 Å². The lowest BCUT2D eigenvalue weighted by Crippen LogP contribution is -2.65. The van der Waals surface area contributed by atoms with Gasteiger partial charge in [0.25, 0.3) is 5.91 Å². The fraction of sp³-hybridized carbons (Fsp3) is 0.655. The van der Waals surface area contributed by atoms with Gasteiger partial charge in [0.05, 0.1) is 18.5 Å². The molecule has 2 aromatic heterocycles. The summed E-state index contributed by atoms with van der Waals surface area (Å²) in [7, 11) is 0. The molecule has 196 valence electrons. The topological polar surface area (TPSA) is 70.7 Å². The number of carbonyl (C=O) groups excluding carboxylic acids is 2. The molecule has 2 fully saturated rings. The van der Waals surface area contributed by atoms with E-state index in [2.05, 4.69) is 17.1 Å². The lowest BCUT2D eigenvalue weighted by Gasteiger charge is -2.45. The first kappa shape index (κ1) is 25.1. The molecule has 5 rings (SSSR count). The van der Waals surface area contributed by atoms with Crippen LogP contribution in [0.15, 0.2) is 34.9 Å². The number of hydrogen-bond acceptors (Lipinski definition) is 4. The van der Waals surface area contributed by atoms with Gasteiger partial charge in [-0.2, -0.15) is 0 Å². The van der Waals surface area contributed by atoms with Crippen molar-refractivity contribution in [3.63, 3.8) is 0 Å². The first-order chi connectivity index (χ1) is 17.5. The zero-order chi connectivity index (χ0) is 25.1. The van der Waals surface area contributed by atoms with E-state index in [9.17, 15) is 9.59 Å². The molecule has 2 aliphatic heterocycles. The summed E-state index contributed by atoms with van der Waals surface area (Å²) in [6.45, 7) is 7.36. The molecular formula is C29H42N4O3. The summed E-state index contributed by atoms with van der Waals surface area (Å²) in [6, 6.07) is 8.36. The molecule has 4 heterocycles. The van der Waals surface area contributed by atoms with Crippen LogP contribution in [0.1, 0.15) is 88.5 Å². The van der Waals surface area contributed by atoms with Crippen molar-refractivity contribution in [1.29, 1.82) is 0 Å². The van der Waals surface area contributed by atoms with E-state index >= 15 is 0 Å². The van der Waals surface area contributed by atoms with E-state index in [0.717, 1.165) is 50.9 Å². The normalized spacial score (nSPS) is 26.0. The molecule has 2 atom stereocenters. The number of piperidine rings is 1. The fourth-order valence-corrected chi connectivity index (χ4v) is 6.45. The van der Waals surface area contributed by atoms with Crippen LogP contribution in [0.25, 0.3) is 11.5 Å². The quantitative estimate of drug-likeness (QED) is 0.546. The van der Waals surface area contributed by atoms with E-state index < -0.39 is 5.54 Å². The highest BCUT2D eigenvalue weighted by Crippen LogP contribution is 2.34. The molecule has 0 aromatic carbocycles. The maximum Gasteiger partial charge on any atom is 0.271 e. The number of amides is 2. The van der Waals surface area contributed by atoms with Crippen LogP contribution in [0.5, 0.6) is 0 Å². The maximum atomic E-state index is 14.0. The van der Waals surface area contributed by atoms with Crippen molar-refractivity contribution in [3.8, 4) is 11.5 Å². The van der Waals surface area contributed by atoms with Gasteiger partial charge in [-0.25, -0.2) is 0 Å². The van der Waals surface area contributed by atoms with Gasteiger partial charge < -0.3 is 24.1 Å². The third-order valence-electron chi connectivity index (χ3n) is 8.73. The molecule has 7 nitrogen and oxygen atoms in total. The van der Waals surface area contributed by atoms with Crippen molar-refractivity contribution in [3.05, 3.63) is 36.2 Å². The van der Waals surface area contributed by atoms with Crippen LogP contribution in [0.4, 0.5) is 0 Å². The maximum absolute atomic E-state index is 14.0. The van der Waals surface area contributed by atoms with Crippen molar-refractivity contribution in [1.82, 2.24) is 19.7 Å². The highest BCUT2D eigenvalue weighted by atomic mass is 16.3. The second-order valence-corrected chi connectivity index (χ2v) is 11.3. The van der Waals surface area contributed by atoms with E-state index in [0.29, 0.717) is 30.6 Å². The Morgan fingerprint density at radius 3 is 2.50 bits per heavy atom. The molecule has 36 heavy (non-hydrogen) atoms. The first-order valence-electron chi connectivity index (χ1n) is 14.1. The van der Waals surface area contributed by atoms with Gasteiger partial charge in [-0.05, 0) is 76.8 Å². The largest absolute Gasteiger partial charge is 0.463 e. The Morgan fingerprint density at radius 2 is 1.78 bits per heavy atom. The molecule has 3 aliphatic rings. The van der Waals surface area contributed by atoms with Crippen LogP contribution < -0.4 is 5.32 Å². The zero-order valence-corrected chi connectivity index (χ0v) is 22.0. The Bertz CT molecular complexity index is 1040. The number of aromatic nitrogens is 1. The standard InChI is InChI=1S/C29H42N4O3/c1-22-11-7-8-17-31(22)18-10-19-33-27(34)25-16-15-24(26-14-9-20-36-26)32(25)21-29(33,2)28(35)30-23-12-5-3-4-6-13-23/h9,14-16,20,22-23H,3-8,10-13,17-19,21H2,1-2H3,(H,30,35)/t22-,29+/m1/s1. The van der Waals surface area contributed by atoms with E-state index in [4.69, 9.17) is 4.42 Å². The number of nitrogens with one attached hydrogen (secondary N) is 1. The van der Waals surface area contributed by atoms with Crippen molar-refractivity contribution in [2.45, 2.75) is 102 Å². The van der Waals surface area contributed by atoms with Crippen molar-refractivity contribution in [2.75, 3.05) is 19.6 Å². The Labute approximate surface area is 215 Å². The average molecular weight is 495 g/mol. The molecule has 2 amide bonds.